The smallest absolute Gasteiger partial charge is 0.152 e. The lowest BCUT2D eigenvalue weighted by atomic mass is 9.93. The third kappa shape index (κ3) is 5.56. The van der Waals surface area contributed by atoms with E-state index in [9.17, 15) is 0 Å². The molecule has 0 N–H and O–H groups in total. The molecule has 36 heavy (non-hydrogen) atoms. The molecule has 3 aromatic rings. The highest BCUT2D eigenvalue weighted by molar-refractivity contribution is 9.10. The molecular formula is C30H39BrN4O. The van der Waals surface area contributed by atoms with Crippen molar-refractivity contribution in [3.63, 3.8) is 0 Å². The molecule has 1 aromatic heterocycles. The molecule has 6 rings (SSSR count). The van der Waals surface area contributed by atoms with E-state index in [2.05, 4.69) is 73.1 Å². The van der Waals surface area contributed by atoms with Crippen molar-refractivity contribution in [3.05, 3.63) is 64.3 Å². The molecule has 0 unspecified atom stereocenters. The summed E-state index contributed by atoms with van der Waals surface area (Å²) in [6.45, 7) is 10.9. The van der Waals surface area contributed by atoms with E-state index in [-0.39, 0.29) is 0 Å². The summed E-state index contributed by atoms with van der Waals surface area (Å²) in [5, 5.41) is 1.24. The number of aromatic nitrogens is 1. The van der Waals surface area contributed by atoms with Crippen LogP contribution in [0.25, 0.3) is 10.9 Å². The van der Waals surface area contributed by atoms with Crippen molar-refractivity contribution in [1.82, 2.24) is 14.8 Å². The third-order valence-electron chi connectivity index (χ3n) is 7.81. The molecule has 0 amide bonds. The highest BCUT2D eigenvalue weighted by Crippen LogP contribution is 2.37. The quantitative estimate of drug-likeness (QED) is 0.355. The first-order chi connectivity index (χ1) is 17.7. The van der Waals surface area contributed by atoms with Gasteiger partial charge in [-0.15, -0.1) is 0 Å². The first kappa shape index (κ1) is 25.5. The summed E-state index contributed by atoms with van der Waals surface area (Å²) in [6.07, 6.45) is 8.60. The molecule has 1 saturated carbocycles. The number of rotatable bonds is 4. The standard InChI is InChI=1S/C28H33BrN4O.C2H6/c29-23-8-10-25(11-9-23)32-15-13-31(14-16-32)18-21-17-22-19-33(24-5-2-1-3-6-24)20-34-28(22)27-26(21)7-4-12-30-27;1-2/h4,7-12,17,24H,1-3,5-6,13-16,18-20H2;1-2H3. The molecule has 3 aliphatic rings. The number of hydrogen-bond donors (Lipinski definition) is 0. The molecule has 5 nitrogen and oxygen atoms in total. The number of halogens is 1. The van der Waals surface area contributed by atoms with Gasteiger partial charge >= 0.3 is 0 Å². The Balaban J connectivity index is 0.00000130. The second kappa shape index (κ2) is 11.9. The monoisotopic (exact) mass is 550 g/mol. The van der Waals surface area contributed by atoms with Gasteiger partial charge in [-0.2, -0.15) is 0 Å². The van der Waals surface area contributed by atoms with Crippen molar-refractivity contribution in [2.45, 2.75) is 65.1 Å². The van der Waals surface area contributed by atoms with Gasteiger partial charge in [-0.25, -0.2) is 0 Å². The van der Waals surface area contributed by atoms with E-state index >= 15 is 0 Å². The maximum absolute atomic E-state index is 6.36. The van der Waals surface area contributed by atoms with Gasteiger partial charge in [-0.1, -0.05) is 55.1 Å². The molecule has 2 aliphatic heterocycles. The topological polar surface area (TPSA) is 31.8 Å². The average Bonchev–Trinajstić information content (AvgIpc) is 2.95. The number of pyridine rings is 1. The Hall–Kier alpha value is -2.15. The van der Waals surface area contributed by atoms with Crippen LogP contribution in [0.1, 0.15) is 57.1 Å². The molecule has 2 aromatic carbocycles. The Labute approximate surface area is 224 Å². The number of ether oxygens (including phenoxy) is 1. The van der Waals surface area contributed by atoms with Gasteiger partial charge in [0.2, 0.25) is 0 Å². The number of anilines is 1. The predicted molar refractivity (Wildman–Crippen MR) is 153 cm³/mol. The van der Waals surface area contributed by atoms with E-state index < -0.39 is 0 Å². The fraction of sp³-hybridized carbons (Fsp3) is 0.500. The zero-order chi connectivity index (χ0) is 24.9. The Morgan fingerprint density at radius 2 is 1.72 bits per heavy atom. The predicted octanol–water partition coefficient (Wildman–Crippen LogP) is 6.83. The normalized spacial score (nSPS) is 19.4. The van der Waals surface area contributed by atoms with Gasteiger partial charge in [0.05, 0.1) is 0 Å². The highest BCUT2D eigenvalue weighted by Gasteiger charge is 2.28. The van der Waals surface area contributed by atoms with E-state index in [0.29, 0.717) is 12.8 Å². The van der Waals surface area contributed by atoms with E-state index in [0.717, 1.165) is 55.0 Å². The van der Waals surface area contributed by atoms with E-state index in [4.69, 9.17) is 9.72 Å². The van der Waals surface area contributed by atoms with Crippen LogP contribution in [0, 0.1) is 0 Å². The lowest BCUT2D eigenvalue weighted by Gasteiger charge is -2.38. The van der Waals surface area contributed by atoms with Gasteiger partial charge in [-0.05, 0) is 54.8 Å². The first-order valence-electron chi connectivity index (χ1n) is 13.7. The second-order valence-electron chi connectivity index (χ2n) is 9.98. The van der Waals surface area contributed by atoms with Gasteiger partial charge in [0.15, 0.2) is 5.75 Å². The molecule has 0 radical (unpaired) electrons. The van der Waals surface area contributed by atoms with Crippen LogP contribution in [-0.4, -0.2) is 53.7 Å². The third-order valence-corrected chi connectivity index (χ3v) is 8.33. The fourth-order valence-electron chi connectivity index (χ4n) is 5.91. The van der Waals surface area contributed by atoms with Gasteiger partial charge in [0.1, 0.15) is 12.2 Å². The summed E-state index contributed by atoms with van der Waals surface area (Å²) < 4.78 is 7.49. The Bertz CT molecular complexity index is 1140. The average molecular weight is 552 g/mol. The van der Waals surface area contributed by atoms with Crippen molar-refractivity contribution in [2.24, 2.45) is 0 Å². The lowest BCUT2D eigenvalue weighted by molar-refractivity contribution is 0.0413. The molecule has 1 aliphatic carbocycles. The van der Waals surface area contributed by atoms with E-state index in [1.54, 1.807) is 0 Å². The minimum atomic E-state index is 0.663. The van der Waals surface area contributed by atoms with Crippen LogP contribution >= 0.6 is 15.9 Å². The molecule has 6 heteroatoms. The van der Waals surface area contributed by atoms with Gasteiger partial charge in [0, 0.05) is 72.6 Å². The summed E-state index contributed by atoms with van der Waals surface area (Å²) in [5.41, 5.74) is 5.04. The SMILES string of the molecule is Brc1ccc(N2CCN(Cc3cc4c(c5ncccc35)OCN(C3CCCCC3)C4)CC2)cc1.CC. The minimum Gasteiger partial charge on any atom is -0.475 e. The molecule has 1 saturated heterocycles. The largest absolute Gasteiger partial charge is 0.475 e. The van der Waals surface area contributed by atoms with Crippen LogP contribution in [0.15, 0.2) is 53.1 Å². The van der Waals surface area contributed by atoms with Gasteiger partial charge < -0.3 is 9.64 Å². The van der Waals surface area contributed by atoms with Crippen molar-refractivity contribution < 1.29 is 4.74 Å². The number of benzene rings is 2. The van der Waals surface area contributed by atoms with Crippen LogP contribution in [-0.2, 0) is 13.1 Å². The van der Waals surface area contributed by atoms with Crippen LogP contribution in [0.3, 0.4) is 0 Å². The van der Waals surface area contributed by atoms with Crippen LogP contribution in [0.5, 0.6) is 5.75 Å². The van der Waals surface area contributed by atoms with Crippen LogP contribution < -0.4 is 9.64 Å². The van der Waals surface area contributed by atoms with E-state index in [1.165, 1.54) is 54.3 Å². The van der Waals surface area contributed by atoms with Crippen molar-refractivity contribution >= 4 is 32.5 Å². The molecule has 0 spiro atoms. The molecular weight excluding hydrogens is 512 g/mol. The Morgan fingerprint density at radius 3 is 2.47 bits per heavy atom. The van der Waals surface area contributed by atoms with E-state index in [1.807, 2.05) is 20.0 Å². The highest BCUT2D eigenvalue weighted by atomic mass is 79.9. The molecule has 0 bridgehead atoms. The Kier molecular flexibility index (Phi) is 8.45. The minimum absolute atomic E-state index is 0.663. The number of fused-ring (bicyclic) bond motifs is 3. The second-order valence-corrected chi connectivity index (χ2v) is 10.9. The van der Waals surface area contributed by atoms with Crippen molar-refractivity contribution in [2.75, 3.05) is 37.8 Å². The van der Waals surface area contributed by atoms with Crippen LogP contribution in [0.4, 0.5) is 5.69 Å². The summed E-state index contributed by atoms with van der Waals surface area (Å²) >= 11 is 3.54. The zero-order valence-electron chi connectivity index (χ0n) is 21.8. The number of piperazine rings is 1. The van der Waals surface area contributed by atoms with Gasteiger partial charge in [0.25, 0.3) is 0 Å². The van der Waals surface area contributed by atoms with Crippen LogP contribution in [0.2, 0.25) is 0 Å². The number of nitrogens with zero attached hydrogens (tertiary/aromatic N) is 4. The number of hydrogen-bond acceptors (Lipinski definition) is 5. The van der Waals surface area contributed by atoms with Gasteiger partial charge in [-0.3, -0.25) is 14.8 Å². The fourth-order valence-corrected chi connectivity index (χ4v) is 6.17. The maximum atomic E-state index is 6.36. The first-order valence-corrected chi connectivity index (χ1v) is 14.5. The lowest BCUT2D eigenvalue weighted by Crippen LogP contribution is -2.46. The summed E-state index contributed by atoms with van der Waals surface area (Å²) in [5.74, 6) is 1.01. The molecule has 3 heterocycles. The van der Waals surface area contributed by atoms with Crippen molar-refractivity contribution in [1.29, 1.82) is 0 Å². The zero-order valence-corrected chi connectivity index (χ0v) is 23.3. The van der Waals surface area contributed by atoms with Crippen molar-refractivity contribution in [3.8, 4) is 5.75 Å². The summed E-state index contributed by atoms with van der Waals surface area (Å²) in [6, 6.07) is 16.0. The Morgan fingerprint density at radius 1 is 0.972 bits per heavy atom. The maximum Gasteiger partial charge on any atom is 0.152 e. The molecule has 192 valence electrons. The summed E-state index contributed by atoms with van der Waals surface area (Å²) in [7, 11) is 0. The molecule has 2 fully saturated rings. The molecule has 0 atom stereocenters. The summed E-state index contributed by atoms with van der Waals surface area (Å²) in [4.78, 5) is 12.4.